The maximum Gasteiger partial charge on any atom is 0.328 e. The van der Waals surface area contributed by atoms with Crippen molar-refractivity contribution in [3.8, 4) is 16.9 Å². The lowest BCUT2D eigenvalue weighted by Crippen LogP contribution is -2.33. The Morgan fingerprint density at radius 2 is 2.15 bits per heavy atom. The minimum atomic E-state index is -0.958. The van der Waals surface area contributed by atoms with Gasteiger partial charge in [0, 0.05) is 36.5 Å². The number of carboxylic acids is 1. The zero-order chi connectivity index (χ0) is 18.8. The van der Waals surface area contributed by atoms with E-state index in [4.69, 9.17) is 9.84 Å². The van der Waals surface area contributed by atoms with Crippen LogP contribution in [-0.4, -0.2) is 43.9 Å². The lowest BCUT2D eigenvalue weighted by molar-refractivity contribution is -0.131. The van der Waals surface area contributed by atoms with Gasteiger partial charge < -0.3 is 20.1 Å². The van der Waals surface area contributed by atoms with E-state index in [1.807, 2.05) is 18.2 Å². The van der Waals surface area contributed by atoms with E-state index < -0.39 is 5.97 Å². The summed E-state index contributed by atoms with van der Waals surface area (Å²) in [6, 6.07) is 12.9. The number of methoxy groups -OCH3 is 1. The molecule has 2 N–H and O–H groups in total. The molecule has 1 atom stereocenters. The molecule has 4 rings (SSSR count). The summed E-state index contributed by atoms with van der Waals surface area (Å²) in [6.07, 6.45) is 5.04. The second kappa shape index (κ2) is 7.45. The molecule has 2 aliphatic rings. The van der Waals surface area contributed by atoms with Crippen molar-refractivity contribution in [1.29, 1.82) is 0 Å². The Balaban J connectivity index is 1.84. The smallest absolute Gasteiger partial charge is 0.328 e. The monoisotopic (exact) mass is 364 g/mol. The first-order chi connectivity index (χ1) is 13.2. The summed E-state index contributed by atoms with van der Waals surface area (Å²) in [6.45, 7) is 3.03. The highest BCUT2D eigenvalue weighted by molar-refractivity contribution is 5.91. The number of hydrogen-bond acceptors (Lipinski definition) is 4. The van der Waals surface area contributed by atoms with Gasteiger partial charge in [-0.1, -0.05) is 24.3 Å². The third kappa shape index (κ3) is 3.43. The Bertz CT molecular complexity index is 891. The number of benzene rings is 2. The van der Waals surface area contributed by atoms with E-state index in [0.29, 0.717) is 11.8 Å². The third-order valence-electron chi connectivity index (χ3n) is 5.44. The van der Waals surface area contributed by atoms with Crippen LogP contribution in [0.5, 0.6) is 5.75 Å². The van der Waals surface area contributed by atoms with Crippen LogP contribution in [0, 0.1) is 0 Å². The van der Waals surface area contributed by atoms with Gasteiger partial charge in [-0.2, -0.15) is 0 Å². The maximum atomic E-state index is 11.1. The summed E-state index contributed by atoms with van der Waals surface area (Å²) in [5, 5.41) is 12.6. The number of rotatable bonds is 4. The van der Waals surface area contributed by atoms with Crippen molar-refractivity contribution < 1.29 is 14.6 Å². The molecule has 140 valence electrons. The molecule has 5 heteroatoms. The first-order valence-corrected chi connectivity index (χ1v) is 9.36. The van der Waals surface area contributed by atoms with Gasteiger partial charge in [0.1, 0.15) is 5.75 Å². The highest BCUT2D eigenvalue weighted by Gasteiger charge is 2.32. The highest BCUT2D eigenvalue weighted by atomic mass is 16.5. The van der Waals surface area contributed by atoms with Crippen molar-refractivity contribution in [2.75, 3.05) is 31.6 Å². The average Bonchev–Trinajstić information content (AvgIpc) is 2.87. The third-order valence-corrected chi connectivity index (χ3v) is 5.44. The highest BCUT2D eigenvalue weighted by Crippen LogP contribution is 2.43. The summed E-state index contributed by atoms with van der Waals surface area (Å²) < 4.78 is 5.35. The van der Waals surface area contributed by atoms with Gasteiger partial charge in [0.2, 0.25) is 0 Å². The molecular weight excluding hydrogens is 340 g/mol. The van der Waals surface area contributed by atoms with Gasteiger partial charge >= 0.3 is 5.97 Å². The van der Waals surface area contributed by atoms with Crippen LogP contribution < -0.4 is 15.0 Å². The predicted octanol–water partition coefficient (Wildman–Crippen LogP) is 3.18. The molecule has 2 aromatic rings. The standard InChI is InChI=1S/C22H24N2O3/c1-27-18-6-7-19(15(14-18)5-8-21(25)26)20-4-2-3-16-13-17-9-10-23-11-12-24(17)22(16)20/h2-8,14,17,23H,9-13H2,1H3,(H,25,26)/b8-5+. The van der Waals surface area contributed by atoms with Crippen molar-refractivity contribution in [3.63, 3.8) is 0 Å². The van der Waals surface area contributed by atoms with Gasteiger partial charge in [-0.25, -0.2) is 4.79 Å². The van der Waals surface area contributed by atoms with Crippen LogP contribution in [0.4, 0.5) is 5.69 Å². The zero-order valence-corrected chi connectivity index (χ0v) is 15.4. The van der Waals surface area contributed by atoms with E-state index in [9.17, 15) is 4.79 Å². The number of carbonyl (C=O) groups is 1. The van der Waals surface area contributed by atoms with Crippen molar-refractivity contribution in [2.24, 2.45) is 0 Å². The lowest BCUT2D eigenvalue weighted by atomic mass is 9.95. The molecule has 0 spiro atoms. The molecule has 2 aromatic carbocycles. The number of nitrogens with zero attached hydrogens (tertiary/aromatic N) is 1. The van der Waals surface area contributed by atoms with Crippen LogP contribution in [0.3, 0.4) is 0 Å². The van der Waals surface area contributed by atoms with E-state index in [-0.39, 0.29) is 0 Å². The molecule has 0 radical (unpaired) electrons. The van der Waals surface area contributed by atoms with Gasteiger partial charge in [-0.15, -0.1) is 0 Å². The summed E-state index contributed by atoms with van der Waals surface area (Å²) in [5.41, 5.74) is 5.71. The topological polar surface area (TPSA) is 61.8 Å². The van der Waals surface area contributed by atoms with E-state index in [2.05, 4.69) is 28.4 Å². The first-order valence-electron chi connectivity index (χ1n) is 9.36. The fraction of sp³-hybridized carbons (Fsp3) is 0.318. The summed E-state index contributed by atoms with van der Waals surface area (Å²) >= 11 is 0. The molecule has 1 saturated heterocycles. The zero-order valence-electron chi connectivity index (χ0n) is 15.4. The molecule has 2 heterocycles. The Hall–Kier alpha value is -2.79. The fourth-order valence-electron chi connectivity index (χ4n) is 4.22. The molecular formula is C22H24N2O3. The fourth-order valence-corrected chi connectivity index (χ4v) is 4.22. The Morgan fingerprint density at radius 3 is 2.96 bits per heavy atom. The molecule has 0 bridgehead atoms. The first kappa shape index (κ1) is 17.6. The molecule has 27 heavy (non-hydrogen) atoms. The van der Waals surface area contributed by atoms with Crippen molar-refractivity contribution in [3.05, 3.63) is 53.6 Å². The quantitative estimate of drug-likeness (QED) is 0.816. The SMILES string of the molecule is COc1ccc(-c2cccc3c2N2CCNCCC2C3)c(/C=C/C(=O)O)c1. The molecule has 0 saturated carbocycles. The van der Waals surface area contributed by atoms with Crippen LogP contribution in [-0.2, 0) is 11.2 Å². The number of ether oxygens (including phenoxy) is 1. The van der Waals surface area contributed by atoms with Crippen molar-refractivity contribution in [2.45, 2.75) is 18.9 Å². The minimum Gasteiger partial charge on any atom is -0.497 e. The second-order valence-corrected chi connectivity index (χ2v) is 7.03. The van der Waals surface area contributed by atoms with E-state index in [1.54, 1.807) is 13.2 Å². The average molecular weight is 364 g/mol. The second-order valence-electron chi connectivity index (χ2n) is 7.03. The Morgan fingerprint density at radius 1 is 1.26 bits per heavy atom. The van der Waals surface area contributed by atoms with Crippen LogP contribution >= 0.6 is 0 Å². The normalized spacial score (nSPS) is 18.9. The molecule has 0 amide bonds. The van der Waals surface area contributed by atoms with Crippen LogP contribution in [0.2, 0.25) is 0 Å². The number of aliphatic carboxylic acids is 1. The Kier molecular flexibility index (Phi) is 4.86. The summed E-state index contributed by atoms with van der Waals surface area (Å²) in [4.78, 5) is 13.6. The lowest BCUT2D eigenvalue weighted by Gasteiger charge is -2.27. The van der Waals surface area contributed by atoms with Crippen LogP contribution in [0.1, 0.15) is 17.5 Å². The van der Waals surface area contributed by atoms with Crippen molar-refractivity contribution >= 4 is 17.7 Å². The minimum absolute atomic E-state index is 0.535. The number of nitrogens with one attached hydrogen (secondary N) is 1. The number of anilines is 1. The van der Waals surface area contributed by atoms with Gasteiger partial charge in [-0.05, 0) is 54.3 Å². The van der Waals surface area contributed by atoms with Gasteiger partial charge in [0.05, 0.1) is 7.11 Å². The molecule has 0 aromatic heterocycles. The maximum absolute atomic E-state index is 11.1. The number of para-hydroxylation sites is 1. The molecule has 1 unspecified atom stereocenters. The van der Waals surface area contributed by atoms with Gasteiger partial charge in [-0.3, -0.25) is 0 Å². The van der Waals surface area contributed by atoms with E-state index >= 15 is 0 Å². The molecule has 5 nitrogen and oxygen atoms in total. The molecule has 1 fully saturated rings. The number of fused-ring (bicyclic) bond motifs is 3. The summed E-state index contributed by atoms with van der Waals surface area (Å²) in [7, 11) is 1.62. The van der Waals surface area contributed by atoms with E-state index in [0.717, 1.165) is 49.2 Å². The largest absolute Gasteiger partial charge is 0.497 e. The summed E-state index contributed by atoms with van der Waals surface area (Å²) in [5.74, 6) is -0.242. The van der Waals surface area contributed by atoms with Gasteiger partial charge in [0.15, 0.2) is 0 Å². The van der Waals surface area contributed by atoms with Crippen molar-refractivity contribution in [1.82, 2.24) is 5.32 Å². The van der Waals surface area contributed by atoms with Crippen LogP contribution in [0.15, 0.2) is 42.5 Å². The number of hydrogen-bond donors (Lipinski definition) is 2. The number of carboxylic acid groups (broad SMARTS) is 1. The predicted molar refractivity (Wildman–Crippen MR) is 107 cm³/mol. The van der Waals surface area contributed by atoms with Gasteiger partial charge in [0.25, 0.3) is 0 Å². The van der Waals surface area contributed by atoms with Crippen LogP contribution in [0.25, 0.3) is 17.2 Å². The van der Waals surface area contributed by atoms with E-state index in [1.165, 1.54) is 17.3 Å². The molecule has 0 aliphatic carbocycles. The molecule has 2 aliphatic heterocycles. The Labute approximate surface area is 159 Å².